The molecule has 1 fully saturated rings. The molecule has 0 amide bonds. The van der Waals surface area contributed by atoms with Gasteiger partial charge < -0.3 is 20.7 Å². The molecule has 0 bridgehead atoms. The predicted molar refractivity (Wildman–Crippen MR) is 100 cm³/mol. The zero-order chi connectivity index (χ0) is 17.4. The highest BCUT2D eigenvalue weighted by molar-refractivity contribution is 6.31. The molecule has 0 spiro atoms. The standard InChI is InChI=1S/C18H22ClN5O/c1-11-7-17(23-18(20)22-11)24-5-2-6-25-10-16(24)13-9-15-12(3-4-21-15)8-14(13)19/h7-9,16,21H,2-6,10H2,1H3,(H2,20,22,23). The topological polar surface area (TPSA) is 76.3 Å². The first-order valence-electron chi connectivity index (χ1n) is 8.63. The number of ether oxygens (including phenoxy) is 1. The number of fused-ring (bicyclic) bond motifs is 1. The van der Waals surface area contributed by atoms with Gasteiger partial charge in [-0.25, -0.2) is 4.98 Å². The number of nitrogens with zero attached hydrogens (tertiary/aromatic N) is 3. The molecular weight excluding hydrogens is 338 g/mol. The van der Waals surface area contributed by atoms with Gasteiger partial charge in [0.15, 0.2) is 0 Å². The Bertz CT molecular complexity index is 777. The van der Waals surface area contributed by atoms with Crippen LogP contribution in [0, 0.1) is 6.92 Å². The lowest BCUT2D eigenvalue weighted by Gasteiger charge is -2.31. The summed E-state index contributed by atoms with van der Waals surface area (Å²) in [5, 5.41) is 4.21. The molecule has 3 N–H and O–H groups in total. The molecule has 1 unspecified atom stereocenters. The number of nitrogens with one attached hydrogen (secondary N) is 1. The number of nitrogens with two attached hydrogens (primary N) is 1. The van der Waals surface area contributed by atoms with Crippen molar-refractivity contribution in [3.63, 3.8) is 0 Å². The molecule has 1 atom stereocenters. The number of hydrogen-bond acceptors (Lipinski definition) is 6. The molecule has 4 rings (SSSR count). The molecule has 132 valence electrons. The van der Waals surface area contributed by atoms with E-state index in [1.165, 1.54) is 11.3 Å². The second-order valence-corrected chi connectivity index (χ2v) is 6.98. The molecule has 2 aromatic rings. The van der Waals surface area contributed by atoms with Crippen molar-refractivity contribution in [2.45, 2.75) is 25.8 Å². The van der Waals surface area contributed by atoms with Gasteiger partial charge in [-0.15, -0.1) is 0 Å². The minimum atomic E-state index is -0.00333. The van der Waals surface area contributed by atoms with Gasteiger partial charge in [0.05, 0.1) is 12.6 Å². The molecule has 6 nitrogen and oxygen atoms in total. The molecule has 2 aliphatic heterocycles. The molecule has 0 radical (unpaired) electrons. The van der Waals surface area contributed by atoms with Crippen LogP contribution >= 0.6 is 11.6 Å². The summed E-state index contributed by atoms with van der Waals surface area (Å²) in [7, 11) is 0. The van der Waals surface area contributed by atoms with Gasteiger partial charge in [0.2, 0.25) is 5.95 Å². The maximum Gasteiger partial charge on any atom is 0.222 e. The van der Waals surface area contributed by atoms with Gasteiger partial charge in [0.25, 0.3) is 0 Å². The van der Waals surface area contributed by atoms with E-state index in [1.807, 2.05) is 13.0 Å². The van der Waals surface area contributed by atoms with Crippen LogP contribution in [0.2, 0.25) is 5.02 Å². The van der Waals surface area contributed by atoms with E-state index in [0.717, 1.165) is 54.6 Å². The fraction of sp³-hybridized carbons (Fsp3) is 0.444. The minimum Gasteiger partial charge on any atom is -0.384 e. The lowest BCUT2D eigenvalue weighted by Crippen LogP contribution is -2.32. The van der Waals surface area contributed by atoms with Gasteiger partial charge >= 0.3 is 0 Å². The molecule has 1 saturated heterocycles. The Kier molecular flexibility index (Phi) is 4.39. The van der Waals surface area contributed by atoms with Crippen molar-refractivity contribution in [1.82, 2.24) is 9.97 Å². The van der Waals surface area contributed by atoms with E-state index in [9.17, 15) is 0 Å². The summed E-state index contributed by atoms with van der Waals surface area (Å²) in [6.07, 6.45) is 1.95. The van der Waals surface area contributed by atoms with Crippen molar-refractivity contribution in [2.24, 2.45) is 0 Å². The van der Waals surface area contributed by atoms with Gasteiger partial charge in [0, 0.05) is 42.2 Å². The Morgan fingerprint density at radius 2 is 2.20 bits per heavy atom. The molecule has 0 aliphatic carbocycles. The average molecular weight is 360 g/mol. The monoisotopic (exact) mass is 359 g/mol. The largest absolute Gasteiger partial charge is 0.384 e. The maximum absolute atomic E-state index is 6.64. The number of halogens is 1. The Hall–Kier alpha value is -2.05. The first kappa shape index (κ1) is 16.4. The van der Waals surface area contributed by atoms with Crippen LogP contribution in [0.5, 0.6) is 0 Å². The van der Waals surface area contributed by atoms with E-state index >= 15 is 0 Å². The summed E-state index contributed by atoms with van der Waals surface area (Å²) >= 11 is 6.64. The lowest BCUT2D eigenvalue weighted by molar-refractivity contribution is 0.134. The molecule has 25 heavy (non-hydrogen) atoms. The maximum atomic E-state index is 6.64. The van der Waals surface area contributed by atoms with E-state index in [0.29, 0.717) is 12.6 Å². The number of hydrogen-bond donors (Lipinski definition) is 2. The zero-order valence-electron chi connectivity index (χ0n) is 14.3. The van der Waals surface area contributed by atoms with Crippen LogP contribution in [0.4, 0.5) is 17.5 Å². The number of rotatable bonds is 2. The van der Waals surface area contributed by atoms with Crippen molar-refractivity contribution < 1.29 is 4.74 Å². The van der Waals surface area contributed by atoms with Crippen molar-refractivity contribution >= 4 is 29.1 Å². The summed E-state index contributed by atoms with van der Waals surface area (Å²) in [4.78, 5) is 10.9. The third-order valence-electron chi connectivity index (χ3n) is 4.78. The van der Waals surface area contributed by atoms with E-state index in [2.05, 4.69) is 32.3 Å². The van der Waals surface area contributed by atoms with Crippen LogP contribution in [0.25, 0.3) is 0 Å². The van der Waals surface area contributed by atoms with Crippen LogP contribution in [-0.4, -0.2) is 36.3 Å². The van der Waals surface area contributed by atoms with E-state index in [1.54, 1.807) is 0 Å². The molecular formula is C18H22ClN5O. The van der Waals surface area contributed by atoms with Gasteiger partial charge in [-0.1, -0.05) is 11.6 Å². The fourth-order valence-electron chi connectivity index (χ4n) is 3.62. The van der Waals surface area contributed by atoms with Gasteiger partial charge in [0.1, 0.15) is 5.82 Å². The van der Waals surface area contributed by atoms with Crippen LogP contribution in [0.3, 0.4) is 0 Å². The van der Waals surface area contributed by atoms with Gasteiger partial charge in [-0.05, 0) is 43.0 Å². The van der Waals surface area contributed by atoms with Gasteiger partial charge in [-0.3, -0.25) is 0 Å². The Labute approximate surface area is 152 Å². The van der Waals surface area contributed by atoms with Gasteiger partial charge in [-0.2, -0.15) is 4.98 Å². The first-order chi connectivity index (χ1) is 12.1. The highest BCUT2D eigenvalue weighted by Gasteiger charge is 2.28. The van der Waals surface area contributed by atoms with Crippen molar-refractivity contribution in [2.75, 3.05) is 42.3 Å². The molecule has 1 aromatic carbocycles. The quantitative estimate of drug-likeness (QED) is 0.858. The predicted octanol–water partition coefficient (Wildman–Crippen LogP) is 2.96. The Morgan fingerprint density at radius 1 is 1.32 bits per heavy atom. The van der Waals surface area contributed by atoms with Crippen molar-refractivity contribution in [3.05, 3.63) is 40.0 Å². The minimum absolute atomic E-state index is 0.00333. The second-order valence-electron chi connectivity index (χ2n) is 6.57. The first-order valence-corrected chi connectivity index (χ1v) is 9.01. The molecule has 3 heterocycles. The highest BCUT2D eigenvalue weighted by Crippen LogP contribution is 2.37. The summed E-state index contributed by atoms with van der Waals surface area (Å²) in [6, 6.07) is 6.20. The second kappa shape index (κ2) is 6.69. The van der Waals surface area contributed by atoms with Crippen LogP contribution in [0.1, 0.15) is 29.3 Å². The number of benzene rings is 1. The van der Waals surface area contributed by atoms with Crippen LogP contribution in [0.15, 0.2) is 18.2 Å². The van der Waals surface area contributed by atoms with Crippen molar-refractivity contribution in [1.29, 1.82) is 0 Å². The zero-order valence-corrected chi connectivity index (χ0v) is 15.0. The lowest BCUT2D eigenvalue weighted by atomic mass is 10.0. The highest BCUT2D eigenvalue weighted by atomic mass is 35.5. The summed E-state index contributed by atoms with van der Waals surface area (Å²) < 4.78 is 5.85. The van der Waals surface area contributed by atoms with Crippen LogP contribution < -0.4 is 16.0 Å². The molecule has 0 saturated carbocycles. The fourth-order valence-corrected chi connectivity index (χ4v) is 3.93. The van der Waals surface area contributed by atoms with E-state index in [-0.39, 0.29) is 6.04 Å². The van der Waals surface area contributed by atoms with Crippen LogP contribution in [-0.2, 0) is 11.2 Å². The SMILES string of the molecule is Cc1cc(N2CCCOCC2c2cc3c(cc2Cl)CCN3)nc(N)n1. The summed E-state index contributed by atoms with van der Waals surface area (Å²) in [5.41, 5.74) is 10.2. The third kappa shape index (κ3) is 3.24. The van der Waals surface area contributed by atoms with E-state index < -0.39 is 0 Å². The summed E-state index contributed by atoms with van der Waals surface area (Å²) in [5.74, 6) is 1.12. The number of aryl methyl sites for hydroxylation is 1. The van der Waals surface area contributed by atoms with Crippen molar-refractivity contribution in [3.8, 4) is 0 Å². The number of nitrogen functional groups attached to an aromatic ring is 1. The third-order valence-corrected chi connectivity index (χ3v) is 5.11. The molecule has 1 aromatic heterocycles. The number of anilines is 3. The normalized spacial score (nSPS) is 20.1. The molecule has 2 aliphatic rings. The average Bonchev–Trinajstić information content (AvgIpc) is 2.87. The smallest absolute Gasteiger partial charge is 0.222 e. The Morgan fingerprint density at radius 3 is 3.04 bits per heavy atom. The summed E-state index contributed by atoms with van der Waals surface area (Å²) in [6.45, 7) is 5.02. The van der Waals surface area contributed by atoms with E-state index in [4.69, 9.17) is 22.1 Å². The Balaban J connectivity index is 1.77. The molecule has 7 heteroatoms. The number of aromatic nitrogens is 2.